The quantitative estimate of drug-likeness (QED) is 0.541. The molecular weight excluding hydrogens is 368 g/mol. The maximum Gasteiger partial charge on any atom is 0.141 e. The van der Waals surface area contributed by atoms with Gasteiger partial charge in [0.1, 0.15) is 16.6 Å². The molecule has 0 fully saturated rings. The highest BCUT2D eigenvalue weighted by atomic mass is 79.9. The van der Waals surface area contributed by atoms with Crippen LogP contribution in [0.1, 0.15) is 25.1 Å². The summed E-state index contributed by atoms with van der Waals surface area (Å²) >= 11 is 3.44. The van der Waals surface area contributed by atoms with Gasteiger partial charge in [-0.25, -0.2) is 15.0 Å². The molecule has 1 atom stereocenters. The average Bonchev–Trinajstić information content (AvgIpc) is 3.24. The monoisotopic (exact) mass is 382 g/mol. The first-order valence-electron chi connectivity index (χ1n) is 7.71. The molecule has 4 rings (SSSR count). The molecule has 1 unspecified atom stereocenters. The zero-order valence-corrected chi connectivity index (χ0v) is 14.6. The van der Waals surface area contributed by atoms with Crippen LogP contribution in [0, 0.1) is 0 Å². The van der Waals surface area contributed by atoms with Crippen molar-refractivity contribution in [3.05, 3.63) is 59.5 Å². The molecule has 0 aliphatic carbocycles. The number of hydrogen-bond acceptors (Lipinski definition) is 4. The maximum absolute atomic E-state index is 4.57. The molecule has 0 aromatic carbocycles. The lowest BCUT2D eigenvalue weighted by Crippen LogP contribution is -2.11. The minimum Gasteiger partial charge on any atom is -0.346 e. The summed E-state index contributed by atoms with van der Waals surface area (Å²) in [6.07, 6.45) is 8.20. The maximum atomic E-state index is 4.57. The molecule has 4 aromatic rings. The molecule has 0 spiro atoms. The molecule has 4 heterocycles. The Morgan fingerprint density at radius 1 is 1.25 bits per heavy atom. The van der Waals surface area contributed by atoms with Crippen LogP contribution in [0.4, 0.5) is 0 Å². The second-order valence-corrected chi connectivity index (χ2v) is 6.29. The fraction of sp³-hybridized carbons (Fsp3) is 0.176. The van der Waals surface area contributed by atoms with E-state index in [2.05, 4.69) is 47.9 Å². The molecular formula is C17H15BrN6. The molecule has 0 amide bonds. The van der Waals surface area contributed by atoms with Gasteiger partial charge in [0, 0.05) is 23.3 Å². The molecule has 0 saturated carbocycles. The van der Waals surface area contributed by atoms with Gasteiger partial charge in [-0.1, -0.05) is 13.0 Å². The third-order valence-electron chi connectivity index (χ3n) is 4.01. The lowest BCUT2D eigenvalue weighted by Gasteiger charge is -2.15. The number of aromatic amines is 1. The van der Waals surface area contributed by atoms with E-state index in [0.29, 0.717) is 0 Å². The zero-order valence-electron chi connectivity index (χ0n) is 13.0. The molecule has 0 bridgehead atoms. The predicted molar refractivity (Wildman–Crippen MR) is 95.5 cm³/mol. The van der Waals surface area contributed by atoms with Crippen LogP contribution in [0.2, 0.25) is 0 Å². The fourth-order valence-corrected chi connectivity index (χ4v) is 3.23. The Kier molecular flexibility index (Phi) is 3.86. The van der Waals surface area contributed by atoms with E-state index < -0.39 is 0 Å². The Balaban J connectivity index is 1.75. The highest BCUT2D eigenvalue weighted by Gasteiger charge is 2.16. The number of halogens is 1. The van der Waals surface area contributed by atoms with E-state index >= 15 is 0 Å². The Labute approximate surface area is 147 Å². The van der Waals surface area contributed by atoms with E-state index in [1.807, 2.05) is 47.5 Å². The van der Waals surface area contributed by atoms with Gasteiger partial charge in [-0.15, -0.1) is 0 Å². The third-order valence-corrected chi connectivity index (χ3v) is 4.45. The predicted octanol–water partition coefficient (Wildman–Crippen LogP) is 3.98. The van der Waals surface area contributed by atoms with E-state index in [9.17, 15) is 0 Å². The van der Waals surface area contributed by atoms with Gasteiger partial charge in [0.25, 0.3) is 0 Å². The van der Waals surface area contributed by atoms with Gasteiger partial charge >= 0.3 is 0 Å². The van der Waals surface area contributed by atoms with Crippen molar-refractivity contribution in [1.29, 1.82) is 0 Å². The van der Waals surface area contributed by atoms with Crippen molar-refractivity contribution >= 4 is 27.0 Å². The number of pyridine rings is 1. The summed E-state index contributed by atoms with van der Waals surface area (Å²) in [5.74, 6) is 0. The zero-order chi connectivity index (χ0) is 16.5. The van der Waals surface area contributed by atoms with Gasteiger partial charge in [-0.3, -0.25) is 4.68 Å². The Hall–Kier alpha value is -2.54. The highest BCUT2D eigenvalue weighted by Crippen LogP contribution is 2.27. The Morgan fingerprint density at radius 3 is 3.00 bits per heavy atom. The summed E-state index contributed by atoms with van der Waals surface area (Å²) < 4.78 is 2.78. The van der Waals surface area contributed by atoms with Crippen molar-refractivity contribution in [2.24, 2.45) is 0 Å². The molecule has 4 aromatic heterocycles. The number of fused-ring (bicyclic) bond motifs is 1. The minimum absolute atomic E-state index is 0.0832. The Morgan fingerprint density at radius 2 is 2.17 bits per heavy atom. The molecule has 120 valence electrons. The van der Waals surface area contributed by atoms with Crippen LogP contribution in [0.5, 0.6) is 0 Å². The third kappa shape index (κ3) is 2.60. The fourth-order valence-electron chi connectivity index (χ4n) is 2.87. The molecule has 1 N–H and O–H groups in total. The van der Waals surface area contributed by atoms with E-state index in [0.717, 1.165) is 39.0 Å². The van der Waals surface area contributed by atoms with Crippen LogP contribution < -0.4 is 0 Å². The van der Waals surface area contributed by atoms with Gasteiger partial charge in [0.15, 0.2) is 0 Å². The molecule has 0 aliphatic rings. The standard InChI is InChI=1S/C17H15BrN6/c1-2-14(13-4-3-5-15(18)23-13)24-9-11(8-22-24)16-12-6-7-19-17(12)21-10-20-16/h3-10,14H,2H2,1H3,(H,19,20,21). The van der Waals surface area contributed by atoms with Crippen molar-refractivity contribution in [2.45, 2.75) is 19.4 Å². The van der Waals surface area contributed by atoms with Gasteiger partial charge in [-0.05, 0) is 40.5 Å². The van der Waals surface area contributed by atoms with Crippen molar-refractivity contribution in [3.8, 4) is 11.3 Å². The van der Waals surface area contributed by atoms with E-state index in [1.165, 1.54) is 0 Å². The number of nitrogens with zero attached hydrogens (tertiary/aromatic N) is 5. The lowest BCUT2D eigenvalue weighted by molar-refractivity contribution is 0.497. The molecule has 24 heavy (non-hydrogen) atoms. The van der Waals surface area contributed by atoms with Crippen LogP contribution in [-0.4, -0.2) is 29.7 Å². The molecule has 6 nitrogen and oxygen atoms in total. The number of hydrogen-bond donors (Lipinski definition) is 1. The first-order valence-corrected chi connectivity index (χ1v) is 8.50. The van der Waals surface area contributed by atoms with Crippen molar-refractivity contribution in [2.75, 3.05) is 0 Å². The van der Waals surface area contributed by atoms with E-state index in [1.54, 1.807) is 6.33 Å². The van der Waals surface area contributed by atoms with E-state index in [4.69, 9.17) is 0 Å². The average molecular weight is 383 g/mol. The smallest absolute Gasteiger partial charge is 0.141 e. The van der Waals surface area contributed by atoms with Crippen LogP contribution in [0.15, 0.2) is 53.8 Å². The SMILES string of the molecule is CCC(c1cccc(Br)n1)n1cc(-c2ncnc3[nH]ccc23)cn1. The summed E-state index contributed by atoms with van der Waals surface area (Å²) in [5.41, 5.74) is 3.66. The van der Waals surface area contributed by atoms with E-state index in [-0.39, 0.29) is 6.04 Å². The van der Waals surface area contributed by atoms with Gasteiger partial charge in [0.2, 0.25) is 0 Å². The summed E-state index contributed by atoms with van der Waals surface area (Å²) in [7, 11) is 0. The molecule has 0 saturated heterocycles. The second-order valence-electron chi connectivity index (χ2n) is 5.48. The van der Waals surface area contributed by atoms with Crippen molar-refractivity contribution in [1.82, 2.24) is 29.7 Å². The minimum atomic E-state index is 0.0832. The van der Waals surface area contributed by atoms with Crippen LogP contribution in [0.3, 0.4) is 0 Å². The number of rotatable bonds is 4. The van der Waals surface area contributed by atoms with Crippen molar-refractivity contribution < 1.29 is 0 Å². The van der Waals surface area contributed by atoms with Crippen LogP contribution in [0.25, 0.3) is 22.3 Å². The van der Waals surface area contributed by atoms with Gasteiger partial charge < -0.3 is 4.98 Å². The normalized spacial score (nSPS) is 12.6. The van der Waals surface area contributed by atoms with Crippen molar-refractivity contribution in [3.63, 3.8) is 0 Å². The number of H-pyrrole nitrogens is 1. The first-order chi connectivity index (χ1) is 11.8. The summed E-state index contributed by atoms with van der Waals surface area (Å²) in [5, 5.41) is 5.54. The first kappa shape index (κ1) is 15.0. The van der Waals surface area contributed by atoms with Crippen LogP contribution in [-0.2, 0) is 0 Å². The van der Waals surface area contributed by atoms with Crippen LogP contribution >= 0.6 is 15.9 Å². The topological polar surface area (TPSA) is 72.3 Å². The summed E-state index contributed by atoms with van der Waals surface area (Å²) in [6, 6.07) is 8.01. The largest absolute Gasteiger partial charge is 0.346 e. The molecule has 0 radical (unpaired) electrons. The molecule has 7 heteroatoms. The van der Waals surface area contributed by atoms with Gasteiger partial charge in [0.05, 0.1) is 23.6 Å². The highest BCUT2D eigenvalue weighted by molar-refractivity contribution is 9.10. The second kappa shape index (κ2) is 6.16. The molecule has 0 aliphatic heterocycles. The summed E-state index contributed by atoms with van der Waals surface area (Å²) in [4.78, 5) is 16.3. The lowest BCUT2D eigenvalue weighted by atomic mass is 10.1. The summed E-state index contributed by atoms with van der Waals surface area (Å²) in [6.45, 7) is 2.13. The number of aromatic nitrogens is 6. The van der Waals surface area contributed by atoms with Gasteiger partial charge in [-0.2, -0.15) is 5.10 Å². The number of nitrogens with one attached hydrogen (secondary N) is 1. The Bertz CT molecular complexity index is 989.